The Bertz CT molecular complexity index is 739. The maximum Gasteiger partial charge on any atom is 0.254 e. The first-order valence-electron chi connectivity index (χ1n) is 7.67. The van der Waals surface area contributed by atoms with Crippen LogP contribution in [0.4, 0.5) is 5.69 Å². The number of benzene rings is 2. The van der Waals surface area contributed by atoms with Crippen LogP contribution in [0.3, 0.4) is 0 Å². The first-order valence-corrected chi connectivity index (χ1v) is 7.67. The van der Waals surface area contributed by atoms with Crippen LogP contribution in [0.5, 0.6) is 5.75 Å². The van der Waals surface area contributed by atoms with Crippen LogP contribution in [0.2, 0.25) is 0 Å². The molecular formula is C19H22N2O3. The van der Waals surface area contributed by atoms with E-state index in [9.17, 15) is 9.59 Å². The number of likely N-dealkylation sites (N-methyl/N-ethyl adjacent to an activating group) is 1. The van der Waals surface area contributed by atoms with E-state index in [1.54, 1.807) is 44.5 Å². The first kappa shape index (κ1) is 17.5. The van der Waals surface area contributed by atoms with E-state index >= 15 is 0 Å². The highest BCUT2D eigenvalue weighted by molar-refractivity contribution is 5.99. The van der Waals surface area contributed by atoms with Crippen molar-refractivity contribution in [3.05, 3.63) is 59.2 Å². The largest absolute Gasteiger partial charge is 0.497 e. The SMILES string of the molecule is COc1ccc(NC(=O)CN(C)C(=O)c2ccc(C)c(C)c2)cc1. The highest BCUT2D eigenvalue weighted by atomic mass is 16.5. The Morgan fingerprint density at radius 1 is 1.04 bits per heavy atom. The number of aryl methyl sites for hydroxylation is 2. The van der Waals surface area contributed by atoms with Crippen molar-refractivity contribution in [2.45, 2.75) is 13.8 Å². The van der Waals surface area contributed by atoms with Crippen molar-refractivity contribution in [1.82, 2.24) is 4.90 Å². The fourth-order valence-corrected chi connectivity index (χ4v) is 2.26. The molecule has 0 radical (unpaired) electrons. The Morgan fingerprint density at radius 2 is 1.71 bits per heavy atom. The maximum absolute atomic E-state index is 12.4. The Kier molecular flexibility index (Phi) is 5.58. The van der Waals surface area contributed by atoms with Gasteiger partial charge in [-0.3, -0.25) is 9.59 Å². The van der Waals surface area contributed by atoms with Gasteiger partial charge in [-0.05, 0) is 61.4 Å². The summed E-state index contributed by atoms with van der Waals surface area (Å²) in [6, 6.07) is 12.6. The maximum atomic E-state index is 12.4. The molecule has 2 amide bonds. The van der Waals surface area contributed by atoms with Crippen molar-refractivity contribution in [3.8, 4) is 5.75 Å². The minimum absolute atomic E-state index is 0.0161. The van der Waals surface area contributed by atoms with Crippen molar-refractivity contribution in [1.29, 1.82) is 0 Å². The predicted molar refractivity (Wildman–Crippen MR) is 94.5 cm³/mol. The number of carbonyl (C=O) groups excluding carboxylic acids is 2. The predicted octanol–water partition coefficient (Wildman–Crippen LogP) is 3.02. The average Bonchev–Trinajstić information content (AvgIpc) is 2.57. The van der Waals surface area contributed by atoms with Crippen LogP contribution in [-0.2, 0) is 4.79 Å². The van der Waals surface area contributed by atoms with Gasteiger partial charge in [-0.1, -0.05) is 6.07 Å². The number of nitrogens with one attached hydrogen (secondary N) is 1. The molecule has 126 valence electrons. The molecule has 0 unspecified atom stereocenters. The molecule has 0 heterocycles. The van der Waals surface area contributed by atoms with Crippen LogP contribution < -0.4 is 10.1 Å². The second-order valence-electron chi connectivity index (χ2n) is 5.74. The summed E-state index contributed by atoms with van der Waals surface area (Å²) in [6.45, 7) is 3.94. The monoisotopic (exact) mass is 326 g/mol. The Morgan fingerprint density at radius 3 is 2.29 bits per heavy atom. The second kappa shape index (κ2) is 7.64. The van der Waals surface area contributed by atoms with E-state index in [0.29, 0.717) is 11.3 Å². The summed E-state index contributed by atoms with van der Waals surface area (Å²) in [7, 11) is 3.20. The van der Waals surface area contributed by atoms with E-state index in [0.717, 1.165) is 16.9 Å². The Balaban J connectivity index is 1.96. The minimum atomic E-state index is -0.250. The number of anilines is 1. The number of amides is 2. The Hall–Kier alpha value is -2.82. The van der Waals surface area contributed by atoms with Crippen LogP contribution in [-0.4, -0.2) is 37.4 Å². The molecule has 0 aliphatic heterocycles. The van der Waals surface area contributed by atoms with Gasteiger partial charge in [-0.15, -0.1) is 0 Å². The first-order chi connectivity index (χ1) is 11.4. The number of ether oxygens (including phenoxy) is 1. The molecule has 1 N–H and O–H groups in total. The van der Waals surface area contributed by atoms with Crippen molar-refractivity contribution in [3.63, 3.8) is 0 Å². The molecule has 5 nitrogen and oxygen atoms in total. The van der Waals surface area contributed by atoms with Crippen molar-refractivity contribution >= 4 is 17.5 Å². The molecule has 2 rings (SSSR count). The minimum Gasteiger partial charge on any atom is -0.497 e. The zero-order valence-electron chi connectivity index (χ0n) is 14.4. The fraction of sp³-hybridized carbons (Fsp3) is 0.263. The lowest BCUT2D eigenvalue weighted by atomic mass is 10.1. The molecule has 0 aliphatic carbocycles. The molecule has 0 atom stereocenters. The molecule has 0 saturated carbocycles. The standard InChI is InChI=1S/C19H22N2O3/c1-13-5-6-15(11-14(13)2)19(23)21(3)12-18(22)20-16-7-9-17(24-4)10-8-16/h5-11H,12H2,1-4H3,(H,20,22). The van der Waals surface area contributed by atoms with Gasteiger partial charge in [-0.2, -0.15) is 0 Å². The Labute approximate surface area is 142 Å². The molecule has 0 fully saturated rings. The number of rotatable bonds is 5. The molecule has 2 aromatic rings. The van der Waals surface area contributed by atoms with Crippen LogP contribution in [0.15, 0.2) is 42.5 Å². The molecule has 0 saturated heterocycles. The third-order valence-electron chi connectivity index (χ3n) is 3.86. The molecule has 5 heteroatoms. The van der Waals surface area contributed by atoms with E-state index in [4.69, 9.17) is 4.74 Å². The molecule has 24 heavy (non-hydrogen) atoms. The van der Waals surface area contributed by atoms with E-state index in [1.807, 2.05) is 26.0 Å². The average molecular weight is 326 g/mol. The number of hydrogen-bond acceptors (Lipinski definition) is 3. The van der Waals surface area contributed by atoms with Crippen molar-refractivity contribution in [2.75, 3.05) is 26.0 Å². The van der Waals surface area contributed by atoms with Gasteiger partial charge >= 0.3 is 0 Å². The number of carbonyl (C=O) groups is 2. The van der Waals surface area contributed by atoms with Gasteiger partial charge in [0.2, 0.25) is 5.91 Å². The fourth-order valence-electron chi connectivity index (χ4n) is 2.26. The highest BCUT2D eigenvalue weighted by Crippen LogP contribution is 2.15. The zero-order chi connectivity index (χ0) is 17.7. The summed E-state index contributed by atoms with van der Waals surface area (Å²) in [5, 5.41) is 2.76. The summed E-state index contributed by atoms with van der Waals surface area (Å²) < 4.78 is 5.07. The molecule has 0 spiro atoms. The van der Waals surface area contributed by atoms with Crippen LogP contribution in [0, 0.1) is 13.8 Å². The van der Waals surface area contributed by atoms with Crippen LogP contribution >= 0.6 is 0 Å². The summed E-state index contributed by atoms with van der Waals surface area (Å²) in [5.41, 5.74) is 3.43. The lowest BCUT2D eigenvalue weighted by molar-refractivity contribution is -0.116. The van der Waals surface area contributed by atoms with E-state index in [1.165, 1.54) is 4.90 Å². The second-order valence-corrected chi connectivity index (χ2v) is 5.74. The molecular weight excluding hydrogens is 304 g/mol. The summed E-state index contributed by atoms with van der Waals surface area (Å²) in [4.78, 5) is 25.9. The van der Waals surface area contributed by atoms with Gasteiger partial charge in [0.1, 0.15) is 5.75 Å². The normalized spacial score (nSPS) is 10.2. The van der Waals surface area contributed by atoms with Gasteiger partial charge in [-0.25, -0.2) is 0 Å². The lowest BCUT2D eigenvalue weighted by Crippen LogP contribution is -2.35. The smallest absolute Gasteiger partial charge is 0.254 e. The van der Waals surface area contributed by atoms with Crippen LogP contribution in [0.25, 0.3) is 0 Å². The van der Waals surface area contributed by atoms with Gasteiger partial charge in [0, 0.05) is 18.3 Å². The summed E-state index contributed by atoms with van der Waals surface area (Å²) in [5.74, 6) is 0.290. The molecule has 2 aromatic carbocycles. The third kappa shape index (κ3) is 4.35. The third-order valence-corrected chi connectivity index (χ3v) is 3.86. The number of methoxy groups -OCH3 is 1. The number of hydrogen-bond donors (Lipinski definition) is 1. The topological polar surface area (TPSA) is 58.6 Å². The molecule has 0 aromatic heterocycles. The van der Waals surface area contributed by atoms with Gasteiger partial charge in [0.05, 0.1) is 13.7 Å². The zero-order valence-corrected chi connectivity index (χ0v) is 14.4. The van der Waals surface area contributed by atoms with Gasteiger partial charge in [0.15, 0.2) is 0 Å². The van der Waals surface area contributed by atoms with E-state index in [-0.39, 0.29) is 18.4 Å². The van der Waals surface area contributed by atoms with Gasteiger partial charge < -0.3 is 15.0 Å². The summed E-state index contributed by atoms with van der Waals surface area (Å²) in [6.07, 6.45) is 0. The van der Waals surface area contributed by atoms with Crippen LogP contribution in [0.1, 0.15) is 21.5 Å². The summed E-state index contributed by atoms with van der Waals surface area (Å²) >= 11 is 0. The van der Waals surface area contributed by atoms with Gasteiger partial charge in [0.25, 0.3) is 5.91 Å². The lowest BCUT2D eigenvalue weighted by Gasteiger charge is -2.17. The molecule has 0 bridgehead atoms. The van der Waals surface area contributed by atoms with E-state index < -0.39 is 0 Å². The quantitative estimate of drug-likeness (QED) is 0.919. The van der Waals surface area contributed by atoms with Crippen molar-refractivity contribution in [2.24, 2.45) is 0 Å². The van der Waals surface area contributed by atoms with E-state index in [2.05, 4.69) is 5.32 Å². The molecule has 0 aliphatic rings. The van der Waals surface area contributed by atoms with Crippen molar-refractivity contribution < 1.29 is 14.3 Å². The highest BCUT2D eigenvalue weighted by Gasteiger charge is 2.15. The number of nitrogens with zero attached hydrogens (tertiary/aromatic N) is 1.